The summed E-state index contributed by atoms with van der Waals surface area (Å²) >= 11 is 13.1. The summed E-state index contributed by atoms with van der Waals surface area (Å²) in [5.41, 5.74) is 1.90. The number of aromatic nitrogens is 4. The van der Waals surface area contributed by atoms with E-state index < -0.39 is 5.60 Å². The van der Waals surface area contributed by atoms with Gasteiger partial charge in [-0.25, -0.2) is 4.79 Å². The number of amides is 1. The van der Waals surface area contributed by atoms with E-state index in [1.807, 2.05) is 63.2 Å². The monoisotopic (exact) mass is 636 g/mol. The van der Waals surface area contributed by atoms with Gasteiger partial charge >= 0.3 is 6.09 Å². The number of carbonyl (C=O) groups is 1. The highest BCUT2D eigenvalue weighted by molar-refractivity contribution is 6.43. The van der Waals surface area contributed by atoms with E-state index in [-0.39, 0.29) is 23.1 Å². The number of hydrogen-bond donors (Lipinski definition) is 1. The molecule has 4 aromatic rings. The summed E-state index contributed by atoms with van der Waals surface area (Å²) in [7, 11) is 1.76. The predicted octanol–water partition coefficient (Wildman–Crippen LogP) is 6.82. The molecule has 1 aliphatic heterocycles. The molecule has 1 aliphatic carbocycles. The first-order valence-corrected chi connectivity index (χ1v) is 15.9. The lowest BCUT2D eigenvalue weighted by atomic mass is 9.74. The van der Waals surface area contributed by atoms with Crippen molar-refractivity contribution in [2.45, 2.75) is 71.1 Å². The molecule has 1 saturated heterocycles. The van der Waals surface area contributed by atoms with Gasteiger partial charge in [0, 0.05) is 31.7 Å². The summed E-state index contributed by atoms with van der Waals surface area (Å²) in [5, 5.41) is 9.20. The number of ether oxygens (including phenoxy) is 1. The Balaban J connectivity index is 1.33. The van der Waals surface area contributed by atoms with Gasteiger partial charge in [-0.1, -0.05) is 72.1 Å². The van der Waals surface area contributed by atoms with Crippen LogP contribution in [0.1, 0.15) is 58.4 Å². The van der Waals surface area contributed by atoms with Crippen molar-refractivity contribution < 1.29 is 9.53 Å². The Morgan fingerprint density at radius 3 is 2.50 bits per heavy atom. The van der Waals surface area contributed by atoms with Gasteiger partial charge in [0.2, 0.25) is 5.95 Å². The molecule has 232 valence electrons. The van der Waals surface area contributed by atoms with Crippen LogP contribution < -0.4 is 15.8 Å². The van der Waals surface area contributed by atoms with E-state index >= 15 is 0 Å². The molecule has 2 aliphatic rings. The van der Waals surface area contributed by atoms with Crippen molar-refractivity contribution in [2.75, 3.05) is 18.0 Å². The predicted molar refractivity (Wildman–Crippen MR) is 175 cm³/mol. The molecule has 1 amide bonds. The van der Waals surface area contributed by atoms with Crippen LogP contribution >= 0.6 is 23.2 Å². The second kappa shape index (κ2) is 11.7. The molecule has 3 heterocycles. The number of anilines is 1. The lowest BCUT2D eigenvalue weighted by Gasteiger charge is -2.43. The standard InChI is InChI=1S/C33H38Cl2N6O3/c1-32(2,3)44-31(43)36-24-14-9-15-33(24)16-18-40(19-17-33)30-37-28-25(29(42)39(30)4)27(22-12-8-13-23(34)26(22)35)41(38-28)20-21-10-6-5-7-11-21/h5-8,10-13,24H,9,14-20H2,1-4H3,(H,36,43)/t24-/m1/s1. The Hall–Kier alpha value is -3.56. The van der Waals surface area contributed by atoms with E-state index in [2.05, 4.69) is 10.2 Å². The van der Waals surface area contributed by atoms with Gasteiger partial charge in [-0.15, -0.1) is 0 Å². The Labute approximate surface area is 267 Å². The number of piperidine rings is 1. The fraction of sp³-hybridized carbons (Fsp3) is 0.455. The Morgan fingerprint density at radius 1 is 1.07 bits per heavy atom. The largest absolute Gasteiger partial charge is 0.444 e. The molecule has 1 spiro atoms. The lowest BCUT2D eigenvalue weighted by molar-refractivity contribution is 0.0442. The van der Waals surface area contributed by atoms with Crippen molar-refractivity contribution in [3.8, 4) is 11.3 Å². The molecule has 6 rings (SSSR count). The minimum Gasteiger partial charge on any atom is -0.444 e. The quantitative estimate of drug-likeness (QED) is 0.258. The zero-order valence-corrected chi connectivity index (χ0v) is 27.1. The third-order valence-electron chi connectivity index (χ3n) is 8.98. The topological polar surface area (TPSA) is 94.3 Å². The number of halogens is 2. The number of rotatable bonds is 5. The van der Waals surface area contributed by atoms with Gasteiger partial charge in [-0.05, 0) is 63.5 Å². The molecule has 0 unspecified atom stereocenters. The number of alkyl carbamates (subject to hydrolysis) is 1. The van der Waals surface area contributed by atoms with Gasteiger partial charge in [0.05, 0.1) is 22.3 Å². The fourth-order valence-electron chi connectivity index (χ4n) is 6.83. The van der Waals surface area contributed by atoms with Crippen LogP contribution in [0.4, 0.5) is 10.7 Å². The van der Waals surface area contributed by atoms with Crippen LogP contribution in [-0.2, 0) is 18.3 Å². The number of fused-ring (bicyclic) bond motifs is 1. The maximum Gasteiger partial charge on any atom is 0.407 e. The number of benzene rings is 2. The minimum absolute atomic E-state index is 0.00410. The molecule has 1 atom stereocenters. The Morgan fingerprint density at radius 2 is 1.80 bits per heavy atom. The fourth-order valence-corrected chi connectivity index (χ4v) is 7.22. The molecular weight excluding hydrogens is 599 g/mol. The minimum atomic E-state index is -0.541. The molecule has 44 heavy (non-hydrogen) atoms. The van der Waals surface area contributed by atoms with Crippen molar-refractivity contribution in [2.24, 2.45) is 12.5 Å². The molecule has 1 saturated carbocycles. The second-order valence-corrected chi connectivity index (χ2v) is 13.8. The van der Waals surface area contributed by atoms with Crippen molar-refractivity contribution in [3.05, 3.63) is 74.5 Å². The Kier molecular flexibility index (Phi) is 8.13. The molecule has 1 N–H and O–H groups in total. The molecule has 2 aromatic carbocycles. The summed E-state index contributed by atoms with van der Waals surface area (Å²) in [4.78, 5) is 33.8. The maximum atomic E-state index is 14.1. The van der Waals surface area contributed by atoms with Gasteiger partial charge in [-0.2, -0.15) is 10.1 Å². The SMILES string of the molecule is Cn1c(N2CCC3(CCC[C@H]3NC(=O)OC(C)(C)C)CC2)nc2nn(Cc3ccccc3)c(-c3cccc(Cl)c3Cl)c2c1=O. The first-order valence-electron chi connectivity index (χ1n) is 15.2. The van der Waals surface area contributed by atoms with Crippen LogP contribution in [0.3, 0.4) is 0 Å². The molecule has 9 nitrogen and oxygen atoms in total. The van der Waals surface area contributed by atoms with Gasteiger partial charge in [-0.3, -0.25) is 14.0 Å². The number of nitrogens with one attached hydrogen (secondary N) is 1. The van der Waals surface area contributed by atoms with Crippen LogP contribution in [0.5, 0.6) is 0 Å². The van der Waals surface area contributed by atoms with E-state index in [4.69, 9.17) is 38.0 Å². The first-order chi connectivity index (χ1) is 21.0. The number of hydrogen-bond acceptors (Lipinski definition) is 6. The van der Waals surface area contributed by atoms with Gasteiger partial charge in [0.15, 0.2) is 5.65 Å². The summed E-state index contributed by atoms with van der Waals surface area (Å²) in [6.07, 6.45) is 4.47. The molecule has 2 aromatic heterocycles. The van der Waals surface area contributed by atoms with E-state index in [0.717, 1.165) is 50.8 Å². The van der Waals surface area contributed by atoms with Crippen molar-refractivity contribution in [3.63, 3.8) is 0 Å². The van der Waals surface area contributed by atoms with Crippen LogP contribution in [0.15, 0.2) is 53.3 Å². The van der Waals surface area contributed by atoms with Crippen LogP contribution in [0.25, 0.3) is 22.3 Å². The molecule has 0 bridgehead atoms. The van der Waals surface area contributed by atoms with Crippen molar-refractivity contribution in [1.82, 2.24) is 24.6 Å². The highest BCUT2D eigenvalue weighted by Gasteiger charge is 2.46. The zero-order valence-electron chi connectivity index (χ0n) is 25.6. The summed E-state index contributed by atoms with van der Waals surface area (Å²) in [6.45, 7) is 7.50. The average molecular weight is 638 g/mol. The highest BCUT2D eigenvalue weighted by Crippen LogP contribution is 2.47. The molecule has 11 heteroatoms. The average Bonchev–Trinajstić information content (AvgIpc) is 3.52. The van der Waals surface area contributed by atoms with Crippen LogP contribution in [0, 0.1) is 5.41 Å². The first kappa shape index (κ1) is 30.5. The normalized spacial score (nSPS) is 18.2. The third kappa shape index (κ3) is 5.79. The van der Waals surface area contributed by atoms with Crippen molar-refractivity contribution in [1.29, 1.82) is 0 Å². The third-order valence-corrected chi connectivity index (χ3v) is 9.80. The van der Waals surface area contributed by atoms with Gasteiger partial charge in [0.1, 0.15) is 11.0 Å². The van der Waals surface area contributed by atoms with E-state index in [0.29, 0.717) is 44.8 Å². The molecular formula is C33H38Cl2N6O3. The van der Waals surface area contributed by atoms with Gasteiger partial charge in [0.25, 0.3) is 5.56 Å². The van der Waals surface area contributed by atoms with Gasteiger partial charge < -0.3 is 15.0 Å². The van der Waals surface area contributed by atoms with E-state index in [1.54, 1.807) is 22.4 Å². The smallest absolute Gasteiger partial charge is 0.407 e. The van der Waals surface area contributed by atoms with Crippen LogP contribution in [0.2, 0.25) is 10.0 Å². The zero-order chi connectivity index (χ0) is 31.2. The summed E-state index contributed by atoms with van der Waals surface area (Å²) in [6, 6.07) is 15.4. The highest BCUT2D eigenvalue weighted by atomic mass is 35.5. The molecule has 0 radical (unpaired) electrons. The van der Waals surface area contributed by atoms with E-state index in [9.17, 15) is 9.59 Å². The molecule has 2 fully saturated rings. The lowest BCUT2D eigenvalue weighted by Crippen LogP contribution is -2.51. The maximum absolute atomic E-state index is 14.1. The summed E-state index contributed by atoms with van der Waals surface area (Å²) < 4.78 is 8.97. The van der Waals surface area contributed by atoms with Crippen LogP contribution in [-0.4, -0.2) is 50.2 Å². The van der Waals surface area contributed by atoms with E-state index in [1.165, 1.54) is 0 Å². The Bertz CT molecular complexity index is 1750. The van der Waals surface area contributed by atoms with Crippen molar-refractivity contribution >= 4 is 46.3 Å². The second-order valence-electron chi connectivity index (χ2n) is 13.0. The number of nitrogens with zero attached hydrogens (tertiary/aromatic N) is 5. The summed E-state index contributed by atoms with van der Waals surface area (Å²) in [5.74, 6) is 0.583. The number of carbonyl (C=O) groups excluding carboxylic acids is 1.